The van der Waals surface area contributed by atoms with E-state index in [9.17, 15) is 9.59 Å². The molecule has 7 rings (SSSR count). The van der Waals surface area contributed by atoms with Gasteiger partial charge in [0.2, 0.25) is 0 Å². The third kappa shape index (κ3) is 5.62. The second-order valence-electron chi connectivity index (χ2n) is 11.7. The largest absolute Gasteiger partial charge is 0.493 e. The highest BCUT2D eigenvalue weighted by Gasteiger charge is 2.33. The fourth-order valence-corrected chi connectivity index (χ4v) is 7.33. The van der Waals surface area contributed by atoms with Crippen LogP contribution in [-0.4, -0.2) is 29.3 Å². The highest BCUT2D eigenvalue weighted by Crippen LogP contribution is 2.36. The summed E-state index contributed by atoms with van der Waals surface area (Å²) in [4.78, 5) is 33.9. The molecule has 9 heteroatoms. The monoisotopic (exact) mass is 654 g/mol. The third-order valence-corrected chi connectivity index (χ3v) is 9.67. The van der Waals surface area contributed by atoms with Crippen molar-refractivity contribution in [1.29, 1.82) is 0 Å². The van der Waals surface area contributed by atoms with Gasteiger partial charge in [0.15, 0.2) is 16.3 Å². The Labute approximate surface area is 281 Å². The predicted molar refractivity (Wildman–Crippen MR) is 191 cm³/mol. The van der Waals surface area contributed by atoms with Gasteiger partial charge in [-0.25, -0.2) is 4.99 Å². The van der Waals surface area contributed by atoms with E-state index in [1.54, 1.807) is 24.9 Å². The minimum atomic E-state index is -0.758. The first-order valence-electron chi connectivity index (χ1n) is 15.6. The molecule has 4 aromatic carbocycles. The summed E-state index contributed by atoms with van der Waals surface area (Å²) in [5.74, 6) is 0.715. The number of hydrogen-bond acceptors (Lipinski definition) is 6. The van der Waals surface area contributed by atoms with Crippen molar-refractivity contribution in [2.75, 3.05) is 19.5 Å². The lowest BCUT2D eigenvalue weighted by molar-refractivity contribution is -0.113. The van der Waals surface area contributed by atoms with Gasteiger partial charge in [-0.2, -0.15) is 0 Å². The first-order valence-corrected chi connectivity index (χ1v) is 16.4. The lowest BCUT2D eigenvalue weighted by atomic mass is 9.94. The number of methoxy groups -OCH3 is 2. The fraction of sp³-hybridized carbons (Fsp3) is 0.154. The first-order chi connectivity index (χ1) is 23.4. The molecular formula is C39H34N4O4S. The average molecular weight is 655 g/mol. The number of amides is 1. The van der Waals surface area contributed by atoms with E-state index < -0.39 is 6.04 Å². The Morgan fingerprint density at radius 3 is 2.42 bits per heavy atom. The van der Waals surface area contributed by atoms with Crippen LogP contribution in [0.4, 0.5) is 5.69 Å². The maximum absolute atomic E-state index is 14.5. The number of carbonyl (C=O) groups is 1. The van der Waals surface area contributed by atoms with Gasteiger partial charge in [0.1, 0.15) is 0 Å². The molecule has 6 aromatic rings. The van der Waals surface area contributed by atoms with E-state index in [1.165, 1.54) is 16.9 Å². The summed E-state index contributed by atoms with van der Waals surface area (Å²) in [5, 5.41) is 4.11. The SMILES string of the molecule is COc1ccc([C@H]2C(C(=O)Nc3ccccc3C)=C(C)N=c3s/c(=C\c4cn(Cc5ccccc5)c5ccccc45)c(=O)n32)cc1OC. The Kier molecular flexibility index (Phi) is 8.29. The predicted octanol–water partition coefficient (Wildman–Crippen LogP) is 6.20. The van der Waals surface area contributed by atoms with Crippen molar-refractivity contribution < 1.29 is 14.3 Å². The maximum atomic E-state index is 14.5. The molecule has 0 spiro atoms. The summed E-state index contributed by atoms with van der Waals surface area (Å²) in [6.07, 6.45) is 4.03. The molecule has 1 aliphatic heterocycles. The molecule has 1 aliphatic rings. The summed E-state index contributed by atoms with van der Waals surface area (Å²) in [5.41, 5.74) is 6.20. The van der Waals surface area contributed by atoms with Crippen molar-refractivity contribution in [3.8, 4) is 11.5 Å². The van der Waals surface area contributed by atoms with E-state index in [0.29, 0.717) is 49.9 Å². The summed E-state index contributed by atoms with van der Waals surface area (Å²) in [6.45, 7) is 4.46. The van der Waals surface area contributed by atoms with Crippen LogP contribution >= 0.6 is 11.3 Å². The number of nitrogens with one attached hydrogen (secondary N) is 1. The lowest BCUT2D eigenvalue weighted by Gasteiger charge is -2.26. The molecule has 0 saturated carbocycles. The second-order valence-corrected chi connectivity index (χ2v) is 12.7. The van der Waals surface area contributed by atoms with Gasteiger partial charge in [-0.15, -0.1) is 0 Å². The van der Waals surface area contributed by atoms with Crippen LogP contribution in [0.1, 0.15) is 35.2 Å². The molecule has 1 N–H and O–H groups in total. The normalized spacial score (nSPS) is 14.5. The molecule has 240 valence electrons. The van der Waals surface area contributed by atoms with Crippen LogP contribution < -0.4 is 29.7 Å². The molecule has 48 heavy (non-hydrogen) atoms. The van der Waals surface area contributed by atoms with Crippen LogP contribution in [0.3, 0.4) is 0 Å². The van der Waals surface area contributed by atoms with Crippen LogP contribution in [-0.2, 0) is 11.3 Å². The van der Waals surface area contributed by atoms with Gasteiger partial charge in [-0.3, -0.25) is 14.2 Å². The first kappa shape index (κ1) is 31.0. The van der Waals surface area contributed by atoms with Crippen LogP contribution in [0.25, 0.3) is 17.0 Å². The molecule has 0 fully saturated rings. The molecule has 2 aromatic heterocycles. The number of allylic oxidation sites excluding steroid dienone is 1. The molecule has 1 atom stereocenters. The number of hydrogen-bond donors (Lipinski definition) is 1. The fourth-order valence-electron chi connectivity index (χ4n) is 6.30. The molecule has 0 unspecified atom stereocenters. The Morgan fingerprint density at radius 2 is 1.65 bits per heavy atom. The number of carbonyl (C=O) groups excluding carboxylic acids is 1. The summed E-state index contributed by atoms with van der Waals surface area (Å²) >= 11 is 1.32. The smallest absolute Gasteiger partial charge is 0.271 e. The molecule has 1 amide bonds. The Morgan fingerprint density at radius 1 is 0.917 bits per heavy atom. The molecule has 8 nitrogen and oxygen atoms in total. The Hall–Kier alpha value is -5.67. The minimum absolute atomic E-state index is 0.230. The van der Waals surface area contributed by atoms with E-state index in [-0.39, 0.29) is 11.5 Å². The quantitative estimate of drug-likeness (QED) is 0.212. The number of rotatable bonds is 8. The van der Waals surface area contributed by atoms with Crippen molar-refractivity contribution in [2.24, 2.45) is 4.99 Å². The Bertz CT molecular complexity index is 2400. The number of aromatic nitrogens is 2. The van der Waals surface area contributed by atoms with E-state index in [4.69, 9.17) is 14.5 Å². The number of anilines is 1. The van der Waals surface area contributed by atoms with E-state index in [0.717, 1.165) is 22.0 Å². The van der Waals surface area contributed by atoms with Gasteiger partial charge in [-0.1, -0.05) is 84.1 Å². The highest BCUT2D eigenvalue weighted by molar-refractivity contribution is 7.07. The summed E-state index contributed by atoms with van der Waals surface area (Å²) < 4.78 is 15.5. The molecule has 0 radical (unpaired) electrons. The molecular weight excluding hydrogens is 621 g/mol. The highest BCUT2D eigenvalue weighted by atomic mass is 32.1. The van der Waals surface area contributed by atoms with Crippen molar-refractivity contribution in [3.05, 3.63) is 156 Å². The minimum Gasteiger partial charge on any atom is -0.493 e. The molecule has 0 saturated heterocycles. The summed E-state index contributed by atoms with van der Waals surface area (Å²) in [6, 6.07) is 30.8. The van der Waals surface area contributed by atoms with Crippen molar-refractivity contribution in [2.45, 2.75) is 26.4 Å². The number of thiazole rings is 1. The van der Waals surface area contributed by atoms with Crippen LogP contribution in [0.2, 0.25) is 0 Å². The molecule has 0 bridgehead atoms. The van der Waals surface area contributed by atoms with E-state index >= 15 is 0 Å². The summed E-state index contributed by atoms with van der Waals surface area (Å²) in [7, 11) is 3.14. The topological polar surface area (TPSA) is 86.9 Å². The van der Waals surface area contributed by atoms with Crippen LogP contribution in [0.15, 0.2) is 124 Å². The van der Waals surface area contributed by atoms with Gasteiger partial charge in [0, 0.05) is 34.9 Å². The number of ether oxygens (including phenoxy) is 2. The lowest BCUT2D eigenvalue weighted by Crippen LogP contribution is -2.40. The van der Waals surface area contributed by atoms with E-state index in [2.05, 4.69) is 40.3 Å². The number of aryl methyl sites for hydroxylation is 1. The van der Waals surface area contributed by atoms with Gasteiger partial charge in [0.05, 0.1) is 36.1 Å². The maximum Gasteiger partial charge on any atom is 0.271 e. The van der Waals surface area contributed by atoms with Crippen LogP contribution in [0.5, 0.6) is 11.5 Å². The number of para-hydroxylation sites is 2. The van der Waals surface area contributed by atoms with Gasteiger partial charge in [-0.05, 0) is 60.9 Å². The van der Waals surface area contributed by atoms with E-state index in [1.807, 2.05) is 86.7 Å². The molecule has 3 heterocycles. The zero-order valence-electron chi connectivity index (χ0n) is 27.1. The Balaban J connectivity index is 1.38. The number of nitrogens with zero attached hydrogens (tertiary/aromatic N) is 3. The third-order valence-electron chi connectivity index (χ3n) is 8.68. The second kappa shape index (κ2) is 12.8. The number of benzene rings is 4. The van der Waals surface area contributed by atoms with Crippen molar-refractivity contribution in [3.63, 3.8) is 0 Å². The van der Waals surface area contributed by atoms with Gasteiger partial charge >= 0.3 is 0 Å². The standard InChI is InChI=1S/C39H34N4O4S/c1-24-12-8-10-16-30(24)41-37(44)35-25(2)40-39-43(36(35)27-18-19-32(46-3)33(20-27)47-4)38(45)34(48-39)21-28-23-42(22-26-13-6-5-7-14-26)31-17-11-9-15-29(28)31/h5-21,23,36H,22H2,1-4H3,(H,41,44)/b34-21-/t36-/m0/s1. The van der Waals surface area contributed by atoms with Gasteiger partial charge < -0.3 is 19.4 Å². The van der Waals surface area contributed by atoms with Gasteiger partial charge in [0.25, 0.3) is 11.5 Å². The molecule has 0 aliphatic carbocycles. The zero-order chi connectivity index (χ0) is 33.4. The average Bonchev–Trinajstić information content (AvgIpc) is 3.60. The van der Waals surface area contributed by atoms with Crippen molar-refractivity contribution in [1.82, 2.24) is 9.13 Å². The van der Waals surface area contributed by atoms with Crippen molar-refractivity contribution >= 4 is 39.9 Å². The number of fused-ring (bicyclic) bond motifs is 2. The zero-order valence-corrected chi connectivity index (χ0v) is 27.9. The van der Waals surface area contributed by atoms with Crippen LogP contribution in [0, 0.1) is 6.92 Å².